The third-order valence-corrected chi connectivity index (χ3v) is 3.85. The molecule has 0 heterocycles. The molecular weight excluding hydrogens is 196 g/mol. The molecule has 0 aliphatic heterocycles. The second-order valence-corrected chi connectivity index (χ2v) is 5.80. The molecule has 0 saturated carbocycles. The van der Waals surface area contributed by atoms with Crippen LogP contribution in [0, 0.1) is 6.92 Å². The molecule has 0 radical (unpaired) electrons. The molecular formula is C15H20O. The number of aryl methyl sites for hydroxylation is 1. The SMILES string of the molecule is CC(=O)c1cc2c(cc1C)[C@H](C)CC2(C)C. The highest BCUT2D eigenvalue weighted by molar-refractivity contribution is 5.96. The summed E-state index contributed by atoms with van der Waals surface area (Å²) < 4.78 is 0. The summed E-state index contributed by atoms with van der Waals surface area (Å²) in [5, 5.41) is 0. The van der Waals surface area contributed by atoms with Gasteiger partial charge < -0.3 is 0 Å². The summed E-state index contributed by atoms with van der Waals surface area (Å²) in [6.07, 6.45) is 1.18. The number of Topliss-reactive ketones (excluding diaryl/α,β-unsaturated/α-hetero) is 1. The van der Waals surface area contributed by atoms with E-state index in [0.717, 1.165) is 11.1 Å². The molecule has 1 nitrogen and oxygen atoms in total. The zero-order chi connectivity index (χ0) is 12.1. The maximum Gasteiger partial charge on any atom is 0.160 e. The maximum absolute atomic E-state index is 11.6. The summed E-state index contributed by atoms with van der Waals surface area (Å²) in [6.45, 7) is 10.5. The Morgan fingerprint density at radius 2 is 2.00 bits per heavy atom. The molecule has 2 rings (SSSR count). The first kappa shape index (κ1) is 11.4. The molecule has 0 N–H and O–H groups in total. The average molecular weight is 216 g/mol. The summed E-state index contributed by atoms with van der Waals surface area (Å²) >= 11 is 0. The molecule has 1 heteroatoms. The molecule has 0 fully saturated rings. The Morgan fingerprint density at radius 3 is 2.56 bits per heavy atom. The van der Waals surface area contributed by atoms with Gasteiger partial charge in [-0.2, -0.15) is 0 Å². The fourth-order valence-electron chi connectivity index (χ4n) is 3.09. The van der Waals surface area contributed by atoms with E-state index in [4.69, 9.17) is 0 Å². The Labute approximate surface area is 97.9 Å². The van der Waals surface area contributed by atoms with Gasteiger partial charge >= 0.3 is 0 Å². The van der Waals surface area contributed by atoms with E-state index < -0.39 is 0 Å². The summed E-state index contributed by atoms with van der Waals surface area (Å²) in [4.78, 5) is 11.6. The van der Waals surface area contributed by atoms with Crippen molar-refractivity contribution in [1.82, 2.24) is 0 Å². The maximum atomic E-state index is 11.6. The summed E-state index contributed by atoms with van der Waals surface area (Å²) in [7, 11) is 0. The van der Waals surface area contributed by atoms with Gasteiger partial charge in [-0.3, -0.25) is 4.79 Å². The van der Waals surface area contributed by atoms with Crippen LogP contribution in [0.3, 0.4) is 0 Å². The smallest absolute Gasteiger partial charge is 0.160 e. The van der Waals surface area contributed by atoms with Crippen LogP contribution in [0.2, 0.25) is 0 Å². The van der Waals surface area contributed by atoms with Gasteiger partial charge in [-0.1, -0.05) is 26.8 Å². The van der Waals surface area contributed by atoms with Crippen LogP contribution in [-0.4, -0.2) is 5.78 Å². The van der Waals surface area contributed by atoms with E-state index in [9.17, 15) is 4.79 Å². The molecule has 0 bridgehead atoms. The van der Waals surface area contributed by atoms with E-state index in [0.29, 0.717) is 5.92 Å². The summed E-state index contributed by atoms with van der Waals surface area (Å²) in [6, 6.07) is 4.34. The number of ketones is 1. The Balaban J connectivity index is 2.66. The third kappa shape index (κ3) is 1.59. The Kier molecular flexibility index (Phi) is 2.45. The van der Waals surface area contributed by atoms with Gasteiger partial charge in [0.25, 0.3) is 0 Å². The van der Waals surface area contributed by atoms with Crippen LogP contribution in [0.5, 0.6) is 0 Å². The van der Waals surface area contributed by atoms with Gasteiger partial charge in [-0.05, 0) is 54.4 Å². The lowest BCUT2D eigenvalue weighted by Gasteiger charge is -2.20. The first-order valence-electron chi connectivity index (χ1n) is 5.99. The monoisotopic (exact) mass is 216 g/mol. The van der Waals surface area contributed by atoms with Crippen LogP contribution in [0.15, 0.2) is 12.1 Å². The predicted molar refractivity (Wildman–Crippen MR) is 67.2 cm³/mol. The lowest BCUT2D eigenvalue weighted by atomic mass is 9.84. The van der Waals surface area contributed by atoms with Crippen molar-refractivity contribution >= 4 is 5.78 Å². The van der Waals surface area contributed by atoms with Crippen molar-refractivity contribution in [2.24, 2.45) is 0 Å². The third-order valence-electron chi connectivity index (χ3n) is 3.85. The lowest BCUT2D eigenvalue weighted by Crippen LogP contribution is -2.13. The second kappa shape index (κ2) is 3.44. The number of carbonyl (C=O) groups excluding carboxylic acids is 1. The highest BCUT2D eigenvalue weighted by atomic mass is 16.1. The molecule has 86 valence electrons. The molecule has 1 atom stereocenters. The molecule has 1 aromatic rings. The Hall–Kier alpha value is -1.11. The normalized spacial score (nSPS) is 21.9. The van der Waals surface area contributed by atoms with Gasteiger partial charge in [-0.25, -0.2) is 0 Å². The minimum absolute atomic E-state index is 0.177. The van der Waals surface area contributed by atoms with E-state index in [-0.39, 0.29) is 11.2 Å². The zero-order valence-electron chi connectivity index (χ0n) is 10.8. The summed E-state index contributed by atoms with van der Waals surface area (Å²) in [5.74, 6) is 0.792. The van der Waals surface area contributed by atoms with Crippen molar-refractivity contribution in [2.45, 2.75) is 52.4 Å². The van der Waals surface area contributed by atoms with Crippen molar-refractivity contribution < 1.29 is 4.79 Å². The highest BCUT2D eigenvalue weighted by Gasteiger charge is 2.35. The van der Waals surface area contributed by atoms with Crippen molar-refractivity contribution in [3.63, 3.8) is 0 Å². The highest BCUT2D eigenvalue weighted by Crippen LogP contribution is 2.46. The second-order valence-electron chi connectivity index (χ2n) is 5.80. The van der Waals surface area contributed by atoms with Crippen molar-refractivity contribution in [2.75, 3.05) is 0 Å². The van der Waals surface area contributed by atoms with Crippen molar-refractivity contribution in [1.29, 1.82) is 0 Å². The minimum atomic E-state index is 0.177. The molecule has 0 spiro atoms. The van der Waals surface area contributed by atoms with Crippen LogP contribution in [0.4, 0.5) is 0 Å². The van der Waals surface area contributed by atoms with Gasteiger partial charge in [0.05, 0.1) is 0 Å². The molecule has 0 amide bonds. The molecule has 1 aliphatic rings. The first-order valence-corrected chi connectivity index (χ1v) is 5.99. The average Bonchev–Trinajstić information content (AvgIpc) is 2.35. The summed E-state index contributed by atoms with van der Waals surface area (Å²) in [5.41, 5.74) is 5.03. The van der Waals surface area contributed by atoms with Crippen LogP contribution in [-0.2, 0) is 5.41 Å². The van der Waals surface area contributed by atoms with E-state index in [1.807, 2.05) is 6.92 Å². The van der Waals surface area contributed by atoms with Crippen LogP contribution >= 0.6 is 0 Å². The zero-order valence-corrected chi connectivity index (χ0v) is 10.8. The number of rotatable bonds is 1. The first-order chi connectivity index (χ1) is 7.33. The lowest BCUT2D eigenvalue weighted by molar-refractivity contribution is 0.101. The van der Waals surface area contributed by atoms with Crippen molar-refractivity contribution in [3.05, 3.63) is 34.4 Å². The van der Waals surface area contributed by atoms with E-state index >= 15 is 0 Å². The van der Waals surface area contributed by atoms with E-state index in [1.54, 1.807) is 6.92 Å². The quantitative estimate of drug-likeness (QED) is 0.649. The molecule has 1 aliphatic carbocycles. The standard InChI is InChI=1S/C15H20O/c1-9-6-13-10(2)8-15(4,5)14(13)7-12(9)11(3)16/h6-7,10H,8H2,1-5H3/t10-/m1/s1. The Morgan fingerprint density at radius 1 is 1.38 bits per heavy atom. The van der Waals surface area contributed by atoms with Crippen LogP contribution in [0.1, 0.15) is 67.1 Å². The van der Waals surface area contributed by atoms with Crippen LogP contribution in [0.25, 0.3) is 0 Å². The minimum Gasteiger partial charge on any atom is -0.295 e. The van der Waals surface area contributed by atoms with Gasteiger partial charge in [0.2, 0.25) is 0 Å². The number of carbonyl (C=O) groups is 1. The van der Waals surface area contributed by atoms with Gasteiger partial charge in [0, 0.05) is 5.56 Å². The molecule has 0 aromatic heterocycles. The van der Waals surface area contributed by atoms with Crippen LogP contribution < -0.4 is 0 Å². The Bertz CT molecular complexity index is 455. The van der Waals surface area contributed by atoms with Crippen molar-refractivity contribution in [3.8, 4) is 0 Å². The van der Waals surface area contributed by atoms with E-state index in [1.165, 1.54) is 17.5 Å². The molecule has 0 saturated heterocycles. The number of fused-ring (bicyclic) bond motifs is 1. The molecule has 1 aromatic carbocycles. The topological polar surface area (TPSA) is 17.1 Å². The van der Waals surface area contributed by atoms with Gasteiger partial charge in [-0.15, -0.1) is 0 Å². The van der Waals surface area contributed by atoms with Gasteiger partial charge in [0.1, 0.15) is 0 Å². The number of hydrogen-bond donors (Lipinski definition) is 0. The fraction of sp³-hybridized carbons (Fsp3) is 0.533. The largest absolute Gasteiger partial charge is 0.295 e. The number of benzene rings is 1. The van der Waals surface area contributed by atoms with Gasteiger partial charge in [0.15, 0.2) is 5.78 Å². The molecule has 16 heavy (non-hydrogen) atoms. The van der Waals surface area contributed by atoms with E-state index in [2.05, 4.69) is 32.9 Å². The number of hydrogen-bond acceptors (Lipinski definition) is 1. The fourth-order valence-corrected chi connectivity index (χ4v) is 3.09. The molecule has 0 unspecified atom stereocenters. The predicted octanol–water partition coefficient (Wildman–Crippen LogP) is 3.98.